The third kappa shape index (κ3) is 2.23. The van der Waals surface area contributed by atoms with Crippen molar-refractivity contribution in [2.75, 3.05) is 23.7 Å². The van der Waals surface area contributed by atoms with Crippen LogP contribution in [0.1, 0.15) is 16.9 Å². The molecule has 22 heavy (non-hydrogen) atoms. The fourth-order valence-corrected chi connectivity index (χ4v) is 4.01. The summed E-state index contributed by atoms with van der Waals surface area (Å²) in [5.41, 5.74) is -0.138. The number of pyridine rings is 2. The lowest BCUT2D eigenvalue weighted by molar-refractivity contribution is 0.0591. The van der Waals surface area contributed by atoms with Crippen molar-refractivity contribution >= 4 is 33.5 Å². The standard InChI is InChI=1S/C13H15N3O5S/c1-21-13(18)10-11(17)9-8(4-2-5-14-9)12(15-10)16-6-3-7-22(16,19)20/h2,4-5,17,19-20H,3,6-7H2,1H3. The van der Waals surface area contributed by atoms with Crippen molar-refractivity contribution in [3.63, 3.8) is 0 Å². The summed E-state index contributed by atoms with van der Waals surface area (Å²) in [7, 11) is -1.81. The first-order chi connectivity index (χ1) is 10.5. The van der Waals surface area contributed by atoms with Crippen molar-refractivity contribution in [2.45, 2.75) is 6.42 Å². The summed E-state index contributed by atoms with van der Waals surface area (Å²) in [6.45, 7) is 0.394. The van der Waals surface area contributed by atoms with E-state index in [0.717, 1.165) is 0 Å². The van der Waals surface area contributed by atoms with Crippen LogP contribution in [0.15, 0.2) is 18.3 Å². The molecule has 0 bridgehead atoms. The maximum Gasteiger partial charge on any atom is 0.360 e. The van der Waals surface area contributed by atoms with Gasteiger partial charge in [0.25, 0.3) is 0 Å². The van der Waals surface area contributed by atoms with Gasteiger partial charge in [0.05, 0.1) is 12.9 Å². The molecule has 0 amide bonds. The Balaban J connectivity index is 2.29. The van der Waals surface area contributed by atoms with Crippen LogP contribution in [0.25, 0.3) is 10.9 Å². The number of anilines is 1. The summed E-state index contributed by atoms with van der Waals surface area (Å²) in [5.74, 6) is -0.757. The van der Waals surface area contributed by atoms with Gasteiger partial charge >= 0.3 is 5.97 Å². The summed E-state index contributed by atoms with van der Waals surface area (Å²) in [4.78, 5) is 20.0. The first-order valence-corrected chi connectivity index (χ1v) is 8.22. The summed E-state index contributed by atoms with van der Waals surface area (Å²) < 4.78 is 26.3. The lowest BCUT2D eigenvalue weighted by Gasteiger charge is -2.37. The second-order valence-electron chi connectivity index (χ2n) is 4.82. The lowest BCUT2D eigenvalue weighted by Crippen LogP contribution is -2.24. The molecule has 118 valence electrons. The van der Waals surface area contributed by atoms with Crippen LogP contribution >= 0.6 is 10.8 Å². The van der Waals surface area contributed by atoms with Crippen LogP contribution in [-0.4, -0.2) is 49.6 Å². The van der Waals surface area contributed by atoms with Crippen molar-refractivity contribution in [3.05, 3.63) is 24.0 Å². The van der Waals surface area contributed by atoms with Gasteiger partial charge in [-0.25, -0.2) is 9.78 Å². The van der Waals surface area contributed by atoms with Crippen LogP contribution in [0.4, 0.5) is 5.82 Å². The summed E-state index contributed by atoms with van der Waals surface area (Å²) >= 11 is 0. The molecule has 2 aromatic heterocycles. The van der Waals surface area contributed by atoms with Gasteiger partial charge < -0.3 is 9.84 Å². The predicted octanol–water partition coefficient (Wildman–Crippen LogP) is 2.00. The van der Waals surface area contributed by atoms with E-state index in [9.17, 15) is 19.0 Å². The molecule has 0 spiro atoms. The molecule has 3 heterocycles. The summed E-state index contributed by atoms with van der Waals surface area (Å²) in [6.07, 6.45) is 2.06. The smallest absolute Gasteiger partial charge is 0.360 e. The zero-order valence-corrected chi connectivity index (χ0v) is 12.6. The van der Waals surface area contributed by atoms with E-state index in [1.807, 2.05) is 0 Å². The van der Waals surface area contributed by atoms with Crippen LogP contribution in [-0.2, 0) is 4.74 Å². The highest BCUT2D eigenvalue weighted by atomic mass is 32.3. The minimum absolute atomic E-state index is 0.162. The maximum absolute atomic E-state index is 11.8. The van der Waals surface area contributed by atoms with Crippen LogP contribution in [0.5, 0.6) is 5.75 Å². The van der Waals surface area contributed by atoms with Gasteiger partial charge in [0.2, 0.25) is 0 Å². The molecule has 8 nitrogen and oxygen atoms in total. The van der Waals surface area contributed by atoms with Gasteiger partial charge in [0, 0.05) is 18.1 Å². The van der Waals surface area contributed by atoms with Crippen molar-refractivity contribution < 1.29 is 23.7 Å². The fourth-order valence-electron chi connectivity index (χ4n) is 2.44. The highest BCUT2D eigenvalue weighted by Gasteiger charge is 2.33. The third-order valence-corrected chi connectivity index (χ3v) is 5.36. The average molecular weight is 325 g/mol. The average Bonchev–Trinajstić information content (AvgIpc) is 2.86. The Morgan fingerprint density at radius 3 is 2.86 bits per heavy atom. The number of aromatic hydroxyl groups is 1. The van der Waals surface area contributed by atoms with E-state index in [-0.39, 0.29) is 28.5 Å². The molecule has 3 rings (SSSR count). The zero-order chi connectivity index (χ0) is 15.9. The van der Waals surface area contributed by atoms with Crippen LogP contribution in [0.3, 0.4) is 0 Å². The number of esters is 1. The van der Waals surface area contributed by atoms with E-state index in [4.69, 9.17) is 0 Å². The van der Waals surface area contributed by atoms with Crippen molar-refractivity contribution in [1.29, 1.82) is 0 Å². The highest BCUT2D eigenvalue weighted by molar-refractivity contribution is 8.25. The molecule has 1 fully saturated rings. The number of methoxy groups -OCH3 is 1. The molecule has 9 heteroatoms. The van der Waals surface area contributed by atoms with Gasteiger partial charge in [0.15, 0.2) is 17.3 Å². The third-order valence-electron chi connectivity index (χ3n) is 3.46. The molecular weight excluding hydrogens is 310 g/mol. The number of fused-ring (bicyclic) bond motifs is 1. The first kappa shape index (κ1) is 14.8. The number of rotatable bonds is 2. The molecule has 0 saturated carbocycles. The second-order valence-corrected chi connectivity index (χ2v) is 6.93. The van der Waals surface area contributed by atoms with Gasteiger partial charge in [-0.05, 0) is 18.6 Å². The number of carbonyl (C=O) groups excluding carboxylic acids is 1. The topological polar surface area (TPSA) is 116 Å². The van der Waals surface area contributed by atoms with Crippen LogP contribution in [0, 0.1) is 0 Å². The van der Waals surface area contributed by atoms with E-state index in [0.29, 0.717) is 18.4 Å². The normalized spacial score (nSPS) is 18.4. The number of hydrogen-bond acceptors (Lipinski definition) is 8. The Hall–Kier alpha value is -2.10. The van der Waals surface area contributed by atoms with Crippen molar-refractivity contribution in [2.24, 2.45) is 0 Å². The second kappa shape index (κ2) is 5.27. The molecule has 0 aliphatic carbocycles. The monoisotopic (exact) mass is 325 g/mol. The van der Waals surface area contributed by atoms with Crippen molar-refractivity contribution in [3.8, 4) is 5.75 Å². The van der Waals surface area contributed by atoms with E-state index >= 15 is 0 Å². The number of aromatic nitrogens is 2. The van der Waals surface area contributed by atoms with Gasteiger partial charge in [-0.3, -0.25) is 18.4 Å². The molecular formula is C13H15N3O5S. The quantitative estimate of drug-likeness (QED) is 0.718. The largest absolute Gasteiger partial charge is 0.504 e. The molecule has 1 saturated heterocycles. The van der Waals surface area contributed by atoms with E-state index in [2.05, 4.69) is 14.7 Å². The number of ether oxygens (including phenoxy) is 1. The Morgan fingerprint density at radius 1 is 1.45 bits per heavy atom. The highest BCUT2D eigenvalue weighted by Crippen LogP contribution is 2.52. The van der Waals surface area contributed by atoms with Crippen LogP contribution in [0.2, 0.25) is 0 Å². The number of carbonyl (C=O) groups is 1. The Morgan fingerprint density at radius 2 is 2.23 bits per heavy atom. The zero-order valence-electron chi connectivity index (χ0n) is 11.8. The molecule has 3 N–H and O–H groups in total. The predicted molar refractivity (Wildman–Crippen MR) is 82.2 cm³/mol. The van der Waals surface area contributed by atoms with E-state index in [1.165, 1.54) is 17.6 Å². The molecule has 1 aliphatic heterocycles. The minimum atomic E-state index is -2.98. The van der Waals surface area contributed by atoms with Gasteiger partial charge in [0.1, 0.15) is 5.52 Å². The lowest BCUT2D eigenvalue weighted by atomic mass is 10.2. The number of hydrogen-bond donors (Lipinski definition) is 3. The summed E-state index contributed by atoms with van der Waals surface area (Å²) in [6, 6.07) is 3.30. The van der Waals surface area contributed by atoms with Crippen molar-refractivity contribution in [1.82, 2.24) is 9.97 Å². The molecule has 0 aromatic carbocycles. The number of nitrogens with zero attached hydrogens (tertiary/aromatic N) is 3. The SMILES string of the molecule is COC(=O)c1nc(N2CCCS2(O)O)c2cccnc2c1O. The molecule has 0 radical (unpaired) electrons. The molecule has 0 atom stereocenters. The maximum atomic E-state index is 11.8. The Labute approximate surface area is 127 Å². The Bertz CT molecular complexity index is 752. The molecule has 2 aromatic rings. The summed E-state index contributed by atoms with van der Waals surface area (Å²) in [5, 5.41) is 10.6. The minimum Gasteiger partial charge on any atom is -0.504 e. The first-order valence-electron chi connectivity index (χ1n) is 6.55. The molecule has 0 unspecified atom stereocenters. The van der Waals surface area contributed by atoms with Gasteiger partial charge in [-0.1, -0.05) is 0 Å². The Kier molecular flexibility index (Phi) is 3.55. The van der Waals surface area contributed by atoms with E-state index < -0.39 is 16.7 Å². The fraction of sp³-hybridized carbons (Fsp3) is 0.308. The van der Waals surface area contributed by atoms with E-state index in [1.54, 1.807) is 12.1 Å². The van der Waals surface area contributed by atoms with Gasteiger partial charge in [-0.2, -0.15) is 0 Å². The van der Waals surface area contributed by atoms with Crippen LogP contribution < -0.4 is 4.31 Å². The molecule has 1 aliphatic rings. The van der Waals surface area contributed by atoms with Gasteiger partial charge in [-0.15, -0.1) is 10.8 Å².